The number of benzene rings is 3. The van der Waals surface area contributed by atoms with Crippen LogP contribution in [0.5, 0.6) is 0 Å². The molecule has 1 aliphatic rings. The molecule has 0 aliphatic carbocycles. The summed E-state index contributed by atoms with van der Waals surface area (Å²) in [4.78, 5) is 45.9. The Kier molecular flexibility index (Phi) is 51.0. The molecule has 4 rings (SSSR count). The van der Waals surface area contributed by atoms with E-state index in [0.29, 0.717) is 12.8 Å². The van der Waals surface area contributed by atoms with Crippen LogP contribution < -0.4 is 16.0 Å². The van der Waals surface area contributed by atoms with Crippen molar-refractivity contribution in [3.63, 3.8) is 0 Å². The van der Waals surface area contributed by atoms with E-state index in [1.807, 2.05) is 153 Å². The van der Waals surface area contributed by atoms with E-state index in [1.54, 1.807) is 0 Å². The molecule has 8 atom stereocenters. The van der Waals surface area contributed by atoms with Crippen LogP contribution >= 0.6 is 0 Å². The van der Waals surface area contributed by atoms with Gasteiger partial charge < -0.3 is 66.3 Å². The average molecular weight is 1120 g/mol. The predicted octanol–water partition coefficient (Wildman–Crippen LogP) is 7.90. The molecule has 1 heterocycles. The number of aliphatic hydroxyl groups excluding tert-OH is 3. The Hall–Kier alpha value is -1.28. The molecular formula is C49H76N3O9Y3-3. The van der Waals surface area contributed by atoms with Crippen LogP contribution in [0.15, 0.2) is 91.0 Å². The predicted molar refractivity (Wildman–Crippen MR) is 244 cm³/mol. The average Bonchev–Trinajstić information content (AvgIpc) is 3.23. The zero-order chi connectivity index (χ0) is 46.8. The molecule has 3 aromatic rings. The Morgan fingerprint density at radius 2 is 0.938 bits per heavy atom. The molecule has 1 saturated heterocycles. The van der Waals surface area contributed by atoms with Crippen molar-refractivity contribution < 1.29 is 142 Å². The number of amides is 3. The van der Waals surface area contributed by atoms with E-state index in [2.05, 4.69) is 36.7 Å². The fraction of sp³-hybridized carbons (Fsp3) is 0.490. The Morgan fingerprint density at radius 3 is 1.27 bits per heavy atom. The van der Waals surface area contributed by atoms with Crippen molar-refractivity contribution in [3.8, 4) is 0 Å². The van der Waals surface area contributed by atoms with E-state index in [-0.39, 0.29) is 184 Å². The minimum absolute atomic E-state index is 0. The van der Waals surface area contributed by atoms with Crippen LogP contribution in [0.1, 0.15) is 136 Å². The smallest absolute Gasteiger partial charge is 0.223 e. The zero-order valence-electron chi connectivity index (χ0n) is 39.9. The van der Waals surface area contributed by atoms with Gasteiger partial charge >= 0.3 is 0 Å². The summed E-state index contributed by atoms with van der Waals surface area (Å²) < 4.78 is 10.6. The Morgan fingerprint density at radius 1 is 0.594 bits per heavy atom. The third kappa shape index (κ3) is 36.8. The molecule has 3 radical (unpaired) electrons. The third-order valence-electron chi connectivity index (χ3n) is 8.43. The van der Waals surface area contributed by atoms with Gasteiger partial charge in [0.1, 0.15) is 6.79 Å². The molecule has 0 spiro atoms. The van der Waals surface area contributed by atoms with Gasteiger partial charge in [-0.25, -0.2) is 0 Å². The fourth-order valence-electron chi connectivity index (χ4n) is 5.55. The third-order valence-corrected chi connectivity index (χ3v) is 8.43. The van der Waals surface area contributed by atoms with Crippen LogP contribution in [0.2, 0.25) is 0 Å². The minimum atomic E-state index is -0.960. The normalized spacial score (nSPS) is 15.9. The number of carbonyl (C=O) groups excluding carboxylic acids is 4. The van der Waals surface area contributed by atoms with Gasteiger partial charge in [0.15, 0.2) is 0 Å². The van der Waals surface area contributed by atoms with Crippen molar-refractivity contribution in [2.45, 2.75) is 149 Å². The number of hydrogen-bond donors (Lipinski definition) is 6. The van der Waals surface area contributed by atoms with Gasteiger partial charge in [-0.15, -0.1) is 0 Å². The molecule has 353 valence electrons. The van der Waals surface area contributed by atoms with Crippen LogP contribution in [-0.2, 0) is 127 Å². The van der Waals surface area contributed by atoms with Crippen LogP contribution in [0.25, 0.3) is 0 Å². The number of nitrogens with one attached hydrogen (secondary N) is 3. The number of hydrogen-bond acceptors (Lipinski definition) is 9. The second-order valence-corrected chi connectivity index (χ2v) is 13.6. The van der Waals surface area contributed by atoms with Crippen molar-refractivity contribution in [1.29, 1.82) is 0 Å². The SMILES string of the molecule is CC.CC.CC.[CH2-]C(=O)C[C@@H](O)CC(=O)N[C@@H](C)c1ccccc1.[CH2-][C@H](O)C[C@@H](O)CC(=O)N[C@@H](C)c1ccccc1.[CH2-][C@H]1C[C@H](CC(=O)N[C@@H](C)c2ccccc2)OCO1.[Y].[Y].[Y]. The van der Waals surface area contributed by atoms with E-state index in [9.17, 15) is 29.4 Å². The number of ketones is 1. The maximum Gasteiger partial charge on any atom is 0.223 e. The minimum Gasteiger partial charge on any atom is -0.425 e. The van der Waals surface area contributed by atoms with E-state index >= 15 is 0 Å². The van der Waals surface area contributed by atoms with Crippen LogP contribution in [0.3, 0.4) is 0 Å². The number of Topliss-reactive ketones (excluding diaryl/α,β-unsaturated/α-hetero) is 1. The van der Waals surface area contributed by atoms with Gasteiger partial charge in [-0.1, -0.05) is 145 Å². The van der Waals surface area contributed by atoms with Gasteiger partial charge in [-0.3, -0.25) is 14.4 Å². The Bertz CT molecular complexity index is 1560. The van der Waals surface area contributed by atoms with Gasteiger partial charge in [-0.05, 0) is 56.1 Å². The van der Waals surface area contributed by atoms with E-state index < -0.39 is 18.3 Å². The van der Waals surface area contributed by atoms with E-state index in [1.165, 1.54) is 0 Å². The molecular weight excluding hydrogens is 1040 g/mol. The molecule has 0 saturated carbocycles. The van der Waals surface area contributed by atoms with E-state index in [4.69, 9.17) is 14.6 Å². The largest absolute Gasteiger partial charge is 0.425 e. The molecule has 0 bridgehead atoms. The first-order valence-electron chi connectivity index (χ1n) is 21.4. The van der Waals surface area contributed by atoms with Crippen LogP contribution in [-0.4, -0.2) is 76.1 Å². The summed E-state index contributed by atoms with van der Waals surface area (Å²) in [6.45, 7) is 28.3. The first-order chi connectivity index (χ1) is 29.1. The first kappa shape index (κ1) is 71.7. The molecule has 64 heavy (non-hydrogen) atoms. The van der Waals surface area contributed by atoms with Crippen molar-refractivity contribution in [1.82, 2.24) is 16.0 Å². The van der Waals surface area contributed by atoms with Crippen LogP contribution in [0.4, 0.5) is 0 Å². The van der Waals surface area contributed by atoms with Gasteiger partial charge in [-0.2, -0.15) is 0 Å². The Labute approximate surface area is 461 Å². The van der Waals surface area contributed by atoms with Gasteiger partial charge in [0.2, 0.25) is 17.7 Å². The summed E-state index contributed by atoms with van der Waals surface area (Å²) >= 11 is 0. The Balaban J connectivity index is -0.000000251. The molecule has 6 N–H and O–H groups in total. The monoisotopic (exact) mass is 1120 g/mol. The molecule has 3 amide bonds. The number of rotatable bonds is 16. The van der Waals surface area contributed by atoms with Gasteiger partial charge in [0.05, 0.1) is 55.7 Å². The van der Waals surface area contributed by atoms with Crippen molar-refractivity contribution in [2.75, 3.05) is 6.79 Å². The summed E-state index contributed by atoms with van der Waals surface area (Å²) in [6.07, 6.45) is -1.93. The molecule has 3 aromatic carbocycles. The number of carbonyl (C=O) groups is 4. The van der Waals surface area contributed by atoms with Gasteiger partial charge in [0, 0.05) is 105 Å². The molecule has 1 aliphatic heterocycles. The fourth-order valence-corrected chi connectivity index (χ4v) is 5.55. The second-order valence-electron chi connectivity index (χ2n) is 13.6. The van der Waals surface area contributed by atoms with E-state index in [0.717, 1.165) is 16.7 Å². The molecule has 15 heteroatoms. The summed E-state index contributed by atoms with van der Waals surface area (Å²) in [6, 6.07) is 28.8. The number of ether oxygens (including phenoxy) is 2. The molecule has 1 fully saturated rings. The maximum atomic E-state index is 11.9. The van der Waals surface area contributed by atoms with Crippen molar-refractivity contribution in [2.24, 2.45) is 0 Å². The summed E-state index contributed by atoms with van der Waals surface area (Å²) in [7, 11) is 0. The molecule has 0 unspecified atom stereocenters. The van der Waals surface area contributed by atoms with Crippen molar-refractivity contribution >= 4 is 23.5 Å². The summed E-state index contributed by atoms with van der Waals surface area (Å²) in [5.74, 6) is -0.888. The van der Waals surface area contributed by atoms with Gasteiger partial charge in [0.25, 0.3) is 0 Å². The quantitative estimate of drug-likeness (QED) is 0.0777. The molecule has 12 nitrogen and oxygen atoms in total. The van der Waals surface area contributed by atoms with Crippen molar-refractivity contribution in [3.05, 3.63) is 128 Å². The van der Waals surface area contributed by atoms with Crippen LogP contribution in [0, 0.1) is 20.8 Å². The standard InChI is InChI=1S/C15H20NO3.C14H20NO3.C14H18NO3.3C2H6.3Y/c1-11-8-14(19-10-18-11)9-15(17)16-12(2)13-6-4-3-5-7-13;2*1-10(16)8-13(17)9-14(18)15-11(2)12-6-4-3-5-7-12;3*1-2;;;/h3-7,11-12,14H,1,8-10H2,2H3,(H,16,17);3-7,10-11,13,16-17H,1,8-9H2,2H3,(H,15,18);3-7,11,13,17H,1,8-9H2,2H3,(H,15,18);3*1-2H3;;;/q3*-1;;;;;;/t11-,12-,14+;10-,11-,13+;11-,13+;;;;;;/m000....../s1. The topological polar surface area (TPSA) is 184 Å². The summed E-state index contributed by atoms with van der Waals surface area (Å²) in [5, 5.41) is 36.5. The zero-order valence-corrected chi connectivity index (χ0v) is 48.4. The molecule has 0 aromatic heterocycles. The summed E-state index contributed by atoms with van der Waals surface area (Å²) in [5.41, 5.74) is 3.10. The number of aliphatic hydroxyl groups is 3. The maximum absolute atomic E-state index is 11.9. The first-order valence-corrected chi connectivity index (χ1v) is 21.4. The second kappa shape index (κ2) is 45.5.